The fourth-order valence-electron chi connectivity index (χ4n) is 1.87. The van der Waals surface area contributed by atoms with Crippen molar-refractivity contribution in [3.05, 3.63) is 53.3 Å². The molecule has 0 atom stereocenters. The zero-order valence-electron chi connectivity index (χ0n) is 9.29. The number of phenolic OH excluding ortho intramolecular Hbond substituents is 1. The zero-order chi connectivity index (χ0) is 11.7. The number of phenols is 1. The first kappa shape index (κ1) is 10.7. The minimum Gasteiger partial charge on any atom is -0.508 e. The van der Waals surface area contributed by atoms with Gasteiger partial charge in [-0.25, -0.2) is 4.39 Å². The van der Waals surface area contributed by atoms with E-state index >= 15 is 0 Å². The van der Waals surface area contributed by atoms with Crippen LogP contribution in [0.2, 0.25) is 0 Å². The molecule has 0 amide bonds. The van der Waals surface area contributed by atoms with Crippen LogP contribution >= 0.6 is 0 Å². The minimum absolute atomic E-state index is 0.0463. The van der Waals surface area contributed by atoms with Gasteiger partial charge in [0.05, 0.1) is 0 Å². The Bertz CT molecular complexity index is 512. The van der Waals surface area contributed by atoms with Crippen LogP contribution in [0.4, 0.5) is 4.39 Å². The van der Waals surface area contributed by atoms with Gasteiger partial charge >= 0.3 is 0 Å². The first-order chi connectivity index (χ1) is 7.56. The maximum Gasteiger partial charge on any atom is 0.127 e. The summed E-state index contributed by atoms with van der Waals surface area (Å²) in [6, 6.07) is 10.1. The smallest absolute Gasteiger partial charge is 0.127 e. The fourth-order valence-corrected chi connectivity index (χ4v) is 1.87. The lowest BCUT2D eigenvalue weighted by Gasteiger charge is -2.07. The molecular formula is C14H13FO. The normalized spacial score (nSPS) is 10.4. The van der Waals surface area contributed by atoms with Gasteiger partial charge in [-0.2, -0.15) is 0 Å². The molecule has 0 radical (unpaired) electrons. The SMILES string of the molecule is Cc1ccc(-c2cc(O)cc(F)c2)c(C)c1. The van der Waals surface area contributed by atoms with E-state index in [4.69, 9.17) is 0 Å². The molecule has 2 heteroatoms. The maximum atomic E-state index is 13.2. The van der Waals surface area contributed by atoms with Gasteiger partial charge in [0.15, 0.2) is 0 Å². The third-order valence-electron chi connectivity index (χ3n) is 2.58. The van der Waals surface area contributed by atoms with Crippen LogP contribution in [0.25, 0.3) is 11.1 Å². The van der Waals surface area contributed by atoms with Gasteiger partial charge in [-0.15, -0.1) is 0 Å². The molecule has 0 heterocycles. The van der Waals surface area contributed by atoms with Gasteiger partial charge in [0.2, 0.25) is 0 Å². The number of aromatic hydroxyl groups is 1. The molecule has 0 unspecified atom stereocenters. The van der Waals surface area contributed by atoms with Crippen molar-refractivity contribution in [1.82, 2.24) is 0 Å². The van der Waals surface area contributed by atoms with Crippen molar-refractivity contribution < 1.29 is 9.50 Å². The van der Waals surface area contributed by atoms with Gasteiger partial charge in [0.1, 0.15) is 11.6 Å². The predicted molar refractivity (Wildman–Crippen MR) is 63.0 cm³/mol. The lowest BCUT2D eigenvalue weighted by molar-refractivity contribution is 0.469. The van der Waals surface area contributed by atoms with Gasteiger partial charge < -0.3 is 5.11 Å². The third kappa shape index (κ3) is 2.06. The molecule has 16 heavy (non-hydrogen) atoms. The van der Waals surface area contributed by atoms with E-state index in [1.807, 2.05) is 32.0 Å². The highest BCUT2D eigenvalue weighted by molar-refractivity contribution is 5.68. The van der Waals surface area contributed by atoms with Gasteiger partial charge in [-0.3, -0.25) is 0 Å². The number of rotatable bonds is 1. The number of hydrogen-bond donors (Lipinski definition) is 1. The summed E-state index contributed by atoms with van der Waals surface area (Å²) in [7, 11) is 0. The molecule has 1 nitrogen and oxygen atoms in total. The highest BCUT2D eigenvalue weighted by Gasteiger charge is 2.05. The third-order valence-corrected chi connectivity index (χ3v) is 2.58. The molecule has 2 rings (SSSR count). The largest absolute Gasteiger partial charge is 0.508 e. The van der Waals surface area contributed by atoms with E-state index in [9.17, 15) is 9.50 Å². The lowest BCUT2D eigenvalue weighted by Crippen LogP contribution is -1.86. The van der Waals surface area contributed by atoms with Crippen LogP contribution in [0.1, 0.15) is 11.1 Å². The van der Waals surface area contributed by atoms with E-state index in [1.165, 1.54) is 11.6 Å². The van der Waals surface area contributed by atoms with Crippen LogP contribution in [-0.2, 0) is 0 Å². The monoisotopic (exact) mass is 216 g/mol. The van der Waals surface area contributed by atoms with Crippen LogP contribution in [0, 0.1) is 19.7 Å². The van der Waals surface area contributed by atoms with Gasteiger partial charge in [0.25, 0.3) is 0 Å². The minimum atomic E-state index is -0.421. The van der Waals surface area contributed by atoms with Gasteiger partial charge in [0, 0.05) is 6.07 Å². The lowest BCUT2D eigenvalue weighted by atomic mass is 9.98. The second kappa shape index (κ2) is 3.97. The van der Waals surface area contributed by atoms with Crippen LogP contribution < -0.4 is 0 Å². The molecule has 2 aromatic rings. The van der Waals surface area contributed by atoms with Crippen molar-refractivity contribution in [2.45, 2.75) is 13.8 Å². The summed E-state index contributed by atoms with van der Waals surface area (Å²) in [4.78, 5) is 0. The van der Waals surface area contributed by atoms with Gasteiger partial charge in [-0.1, -0.05) is 23.8 Å². The molecule has 2 aromatic carbocycles. The molecule has 0 aliphatic carbocycles. The Labute approximate surface area is 94.2 Å². The van der Waals surface area contributed by atoms with Crippen LogP contribution in [0.15, 0.2) is 36.4 Å². The summed E-state index contributed by atoms with van der Waals surface area (Å²) in [5.41, 5.74) is 3.89. The highest BCUT2D eigenvalue weighted by Crippen LogP contribution is 2.28. The average molecular weight is 216 g/mol. The Morgan fingerprint density at radius 2 is 1.75 bits per heavy atom. The van der Waals surface area contributed by atoms with E-state index in [0.29, 0.717) is 5.56 Å². The van der Waals surface area contributed by atoms with E-state index < -0.39 is 5.82 Å². The Morgan fingerprint density at radius 1 is 1.00 bits per heavy atom. The van der Waals surface area contributed by atoms with Crippen LogP contribution in [0.5, 0.6) is 5.75 Å². The summed E-state index contributed by atoms with van der Waals surface area (Å²) < 4.78 is 13.2. The van der Waals surface area contributed by atoms with E-state index in [-0.39, 0.29) is 5.75 Å². The topological polar surface area (TPSA) is 20.2 Å². The predicted octanol–water partition coefficient (Wildman–Crippen LogP) is 3.82. The van der Waals surface area contributed by atoms with Crippen molar-refractivity contribution in [2.24, 2.45) is 0 Å². The summed E-state index contributed by atoms with van der Waals surface area (Å²) >= 11 is 0. The van der Waals surface area contributed by atoms with Gasteiger partial charge in [-0.05, 0) is 42.7 Å². The Morgan fingerprint density at radius 3 is 2.38 bits per heavy atom. The second-order valence-electron chi connectivity index (χ2n) is 4.02. The average Bonchev–Trinajstić information content (AvgIpc) is 2.15. The summed E-state index contributed by atoms with van der Waals surface area (Å²) in [5.74, 6) is -0.468. The molecule has 82 valence electrons. The molecule has 0 saturated carbocycles. The quantitative estimate of drug-likeness (QED) is 0.768. The number of hydrogen-bond acceptors (Lipinski definition) is 1. The van der Waals surface area contributed by atoms with Crippen LogP contribution in [0.3, 0.4) is 0 Å². The van der Waals surface area contributed by atoms with E-state index in [0.717, 1.165) is 17.2 Å². The number of halogens is 1. The molecule has 1 N–H and O–H groups in total. The maximum absolute atomic E-state index is 13.2. The van der Waals surface area contributed by atoms with Crippen molar-refractivity contribution in [3.8, 4) is 16.9 Å². The molecular weight excluding hydrogens is 203 g/mol. The van der Waals surface area contributed by atoms with E-state index in [2.05, 4.69) is 0 Å². The van der Waals surface area contributed by atoms with Crippen molar-refractivity contribution in [1.29, 1.82) is 0 Å². The first-order valence-corrected chi connectivity index (χ1v) is 5.13. The standard InChI is InChI=1S/C14H13FO/c1-9-3-4-14(10(2)5-9)11-6-12(15)8-13(16)7-11/h3-8,16H,1-2H3. The van der Waals surface area contributed by atoms with Crippen molar-refractivity contribution in [3.63, 3.8) is 0 Å². The first-order valence-electron chi connectivity index (χ1n) is 5.13. The molecule has 0 aromatic heterocycles. The Hall–Kier alpha value is -1.83. The van der Waals surface area contributed by atoms with Crippen molar-refractivity contribution >= 4 is 0 Å². The fraction of sp³-hybridized carbons (Fsp3) is 0.143. The van der Waals surface area contributed by atoms with E-state index in [1.54, 1.807) is 6.07 Å². The molecule has 0 aliphatic heterocycles. The van der Waals surface area contributed by atoms with Crippen LogP contribution in [-0.4, -0.2) is 5.11 Å². The molecule has 0 aliphatic rings. The summed E-state index contributed by atoms with van der Waals surface area (Å²) in [5, 5.41) is 9.36. The summed E-state index contributed by atoms with van der Waals surface area (Å²) in [6.45, 7) is 3.99. The summed E-state index contributed by atoms with van der Waals surface area (Å²) in [6.07, 6.45) is 0. The number of benzene rings is 2. The highest BCUT2D eigenvalue weighted by atomic mass is 19.1. The Kier molecular flexibility index (Phi) is 2.65. The Balaban J connectivity index is 2.58. The number of aryl methyl sites for hydroxylation is 2. The molecule has 0 fully saturated rings. The molecule has 0 spiro atoms. The molecule has 0 bridgehead atoms. The zero-order valence-corrected chi connectivity index (χ0v) is 9.29. The second-order valence-corrected chi connectivity index (χ2v) is 4.02. The van der Waals surface area contributed by atoms with Crippen molar-refractivity contribution in [2.75, 3.05) is 0 Å². The molecule has 0 saturated heterocycles.